The van der Waals surface area contributed by atoms with E-state index in [-0.39, 0.29) is 28.8 Å². The van der Waals surface area contributed by atoms with Gasteiger partial charge in [0.1, 0.15) is 6.61 Å². The first-order valence-electron chi connectivity index (χ1n) is 9.99. The van der Waals surface area contributed by atoms with E-state index in [1.54, 1.807) is 0 Å². The summed E-state index contributed by atoms with van der Waals surface area (Å²) in [5.41, 5.74) is 6.69. The highest BCUT2D eigenvalue weighted by Crippen LogP contribution is 2.44. The molecule has 0 fully saturated rings. The molecule has 8 nitrogen and oxygen atoms in total. The summed E-state index contributed by atoms with van der Waals surface area (Å²) in [7, 11) is 0. The van der Waals surface area contributed by atoms with Crippen molar-refractivity contribution in [3.8, 4) is 11.1 Å². The lowest BCUT2D eigenvalue weighted by atomic mass is 9.98. The van der Waals surface area contributed by atoms with Crippen molar-refractivity contribution in [2.45, 2.75) is 5.92 Å². The second-order valence-electron chi connectivity index (χ2n) is 7.26. The average molecular weight is 467 g/mol. The fourth-order valence-corrected chi connectivity index (χ4v) is 3.89. The molecule has 0 bridgehead atoms. The van der Waals surface area contributed by atoms with E-state index in [0.717, 1.165) is 22.3 Å². The Hall–Kier alpha value is -3.88. The number of carboxylic acid groups (broad SMARTS) is 1. The van der Waals surface area contributed by atoms with Gasteiger partial charge in [-0.3, -0.25) is 14.9 Å². The summed E-state index contributed by atoms with van der Waals surface area (Å²) in [6.07, 6.45) is -0.724. The van der Waals surface area contributed by atoms with Crippen LogP contribution in [0, 0.1) is 0 Å². The van der Waals surface area contributed by atoms with Crippen LogP contribution >= 0.6 is 11.6 Å². The summed E-state index contributed by atoms with van der Waals surface area (Å²) in [6.45, 7) is -0.565. The number of anilines is 1. The summed E-state index contributed by atoms with van der Waals surface area (Å²) < 4.78 is 5.49. The Morgan fingerprint density at radius 2 is 1.58 bits per heavy atom. The van der Waals surface area contributed by atoms with Crippen LogP contribution in [-0.2, 0) is 14.4 Å². The topological polar surface area (TPSA) is 114 Å². The van der Waals surface area contributed by atoms with Crippen molar-refractivity contribution in [1.82, 2.24) is 5.48 Å². The highest BCUT2D eigenvalue weighted by Gasteiger charge is 2.29. The minimum atomic E-state index is -1.23. The minimum absolute atomic E-state index is 0.0953. The molecule has 0 aliphatic heterocycles. The van der Waals surface area contributed by atoms with Crippen molar-refractivity contribution in [3.05, 3.63) is 88.4 Å². The third-order valence-corrected chi connectivity index (χ3v) is 5.50. The molecule has 9 heteroatoms. The van der Waals surface area contributed by atoms with Crippen LogP contribution in [0.15, 0.2) is 66.7 Å². The fourth-order valence-electron chi connectivity index (χ4n) is 3.73. The van der Waals surface area contributed by atoms with Gasteiger partial charge in [-0.2, -0.15) is 0 Å². The van der Waals surface area contributed by atoms with E-state index in [2.05, 4.69) is 10.2 Å². The first-order chi connectivity index (χ1) is 15.9. The summed E-state index contributed by atoms with van der Waals surface area (Å²) in [4.78, 5) is 39.6. The lowest BCUT2D eigenvalue weighted by molar-refractivity contribution is -0.144. The number of halogens is 1. The van der Waals surface area contributed by atoms with Gasteiger partial charge < -0.3 is 9.84 Å². The van der Waals surface area contributed by atoms with Gasteiger partial charge in [-0.25, -0.2) is 15.1 Å². The van der Waals surface area contributed by atoms with Crippen LogP contribution in [0.25, 0.3) is 11.1 Å². The molecule has 0 heterocycles. The Balaban J connectivity index is 1.41. The summed E-state index contributed by atoms with van der Waals surface area (Å²) >= 11 is 6.14. The number of hydrogen-bond acceptors (Lipinski definition) is 5. The molecule has 1 aliphatic carbocycles. The molecular weight excluding hydrogens is 448 g/mol. The zero-order valence-electron chi connectivity index (χ0n) is 17.2. The third-order valence-electron chi connectivity index (χ3n) is 5.17. The van der Waals surface area contributed by atoms with Crippen molar-refractivity contribution in [2.75, 3.05) is 18.5 Å². The smallest absolute Gasteiger partial charge is 0.411 e. The van der Waals surface area contributed by atoms with Crippen molar-refractivity contribution in [1.29, 1.82) is 0 Å². The van der Waals surface area contributed by atoms with Gasteiger partial charge in [0, 0.05) is 11.5 Å². The summed E-state index contributed by atoms with van der Waals surface area (Å²) in [5.74, 6) is -2.02. The second kappa shape index (κ2) is 9.72. The highest BCUT2D eigenvalue weighted by molar-refractivity contribution is 6.33. The van der Waals surface area contributed by atoms with Crippen LogP contribution in [0.2, 0.25) is 5.02 Å². The quantitative estimate of drug-likeness (QED) is 0.443. The number of carbonyl (C=O) groups is 3. The molecule has 0 unspecified atom stereocenters. The second-order valence-corrected chi connectivity index (χ2v) is 7.67. The van der Waals surface area contributed by atoms with Gasteiger partial charge in [0.2, 0.25) is 0 Å². The van der Waals surface area contributed by atoms with Crippen LogP contribution in [0.1, 0.15) is 27.4 Å². The normalized spacial score (nSPS) is 11.9. The highest BCUT2D eigenvalue weighted by atomic mass is 35.5. The maximum atomic E-state index is 12.5. The van der Waals surface area contributed by atoms with Crippen LogP contribution in [0.3, 0.4) is 0 Å². The number of carbonyl (C=O) groups excluding carboxylic acids is 2. The molecule has 0 saturated carbocycles. The van der Waals surface area contributed by atoms with Gasteiger partial charge in [-0.1, -0.05) is 60.1 Å². The zero-order chi connectivity index (χ0) is 23.4. The maximum Gasteiger partial charge on any atom is 0.411 e. The predicted octanol–water partition coefficient (Wildman–Crippen LogP) is 4.45. The number of ether oxygens (including phenoxy) is 1. The average Bonchev–Trinajstić information content (AvgIpc) is 3.12. The van der Waals surface area contributed by atoms with E-state index >= 15 is 0 Å². The van der Waals surface area contributed by atoms with E-state index in [1.165, 1.54) is 18.2 Å². The fraction of sp³-hybridized carbons (Fsp3) is 0.125. The number of hydroxylamine groups is 1. The lowest BCUT2D eigenvalue weighted by Gasteiger charge is -2.15. The Kier molecular flexibility index (Phi) is 6.58. The Morgan fingerprint density at radius 1 is 0.939 bits per heavy atom. The SMILES string of the molecule is O=C(O)CONC(=O)c1ccc(Cl)c(NC(=O)OCC2c3ccccc3-c3ccccc32)c1. The summed E-state index contributed by atoms with van der Waals surface area (Å²) in [5, 5.41) is 11.3. The molecule has 0 aromatic heterocycles. The van der Waals surface area contributed by atoms with Gasteiger partial charge in [0.15, 0.2) is 6.61 Å². The molecule has 2 amide bonds. The van der Waals surface area contributed by atoms with Gasteiger partial charge in [0.25, 0.3) is 5.91 Å². The molecule has 0 spiro atoms. The number of benzene rings is 3. The predicted molar refractivity (Wildman–Crippen MR) is 121 cm³/mol. The Morgan fingerprint density at radius 3 is 2.21 bits per heavy atom. The molecule has 168 valence electrons. The van der Waals surface area contributed by atoms with Gasteiger partial charge in [-0.05, 0) is 40.5 Å². The maximum absolute atomic E-state index is 12.5. The summed E-state index contributed by atoms with van der Waals surface area (Å²) in [6, 6.07) is 20.2. The van der Waals surface area contributed by atoms with Gasteiger partial charge >= 0.3 is 12.1 Å². The molecule has 0 saturated heterocycles. The van der Waals surface area contributed by atoms with Crippen LogP contribution in [-0.4, -0.2) is 36.3 Å². The van der Waals surface area contributed by atoms with Gasteiger partial charge in [0.05, 0.1) is 10.7 Å². The van der Waals surface area contributed by atoms with Crippen molar-refractivity contribution < 1.29 is 29.1 Å². The number of amides is 2. The number of hydrogen-bond donors (Lipinski definition) is 3. The van der Waals surface area contributed by atoms with Crippen molar-refractivity contribution >= 4 is 35.3 Å². The molecule has 3 aromatic carbocycles. The molecule has 0 radical (unpaired) electrons. The van der Waals surface area contributed by atoms with E-state index in [1.807, 2.05) is 54.0 Å². The Bertz CT molecular complexity index is 1180. The number of nitrogens with one attached hydrogen (secondary N) is 2. The lowest BCUT2D eigenvalue weighted by Crippen LogP contribution is -2.26. The molecule has 4 rings (SSSR count). The van der Waals surface area contributed by atoms with E-state index in [4.69, 9.17) is 21.4 Å². The molecular formula is C24H19ClN2O6. The number of rotatable bonds is 7. The number of aliphatic carboxylic acids is 1. The zero-order valence-corrected chi connectivity index (χ0v) is 18.0. The van der Waals surface area contributed by atoms with Gasteiger partial charge in [-0.15, -0.1) is 0 Å². The third kappa shape index (κ3) is 4.97. The first kappa shape index (κ1) is 22.3. The van der Waals surface area contributed by atoms with Crippen LogP contribution in [0.5, 0.6) is 0 Å². The minimum Gasteiger partial charge on any atom is -0.479 e. The van der Waals surface area contributed by atoms with Crippen molar-refractivity contribution in [3.63, 3.8) is 0 Å². The molecule has 1 aliphatic rings. The molecule has 33 heavy (non-hydrogen) atoms. The van der Waals surface area contributed by atoms with Crippen LogP contribution < -0.4 is 10.8 Å². The number of fused-ring (bicyclic) bond motifs is 3. The first-order valence-corrected chi connectivity index (χ1v) is 10.4. The molecule has 0 atom stereocenters. The largest absolute Gasteiger partial charge is 0.479 e. The van der Waals surface area contributed by atoms with Crippen molar-refractivity contribution in [2.24, 2.45) is 0 Å². The molecule has 3 N–H and O–H groups in total. The number of carboxylic acids is 1. The monoisotopic (exact) mass is 466 g/mol. The van der Waals surface area contributed by atoms with E-state index < -0.39 is 24.6 Å². The van der Waals surface area contributed by atoms with E-state index in [0.29, 0.717) is 0 Å². The molecule has 3 aromatic rings. The Labute approximate surface area is 194 Å². The van der Waals surface area contributed by atoms with Crippen LogP contribution in [0.4, 0.5) is 10.5 Å². The van der Waals surface area contributed by atoms with E-state index in [9.17, 15) is 14.4 Å². The standard InChI is InChI=1S/C24H19ClN2O6/c25-20-10-9-14(23(30)27-33-13-22(28)29)11-21(20)26-24(31)32-12-19-17-7-3-1-5-15(17)16-6-2-4-8-18(16)19/h1-11,19H,12-13H2,(H,26,31)(H,27,30)(H,28,29).